The maximum absolute atomic E-state index is 13.4. The zero-order chi connectivity index (χ0) is 27.3. The number of ether oxygens (including phenoxy) is 1. The predicted octanol–water partition coefficient (Wildman–Crippen LogP) is 3.75. The van der Waals surface area contributed by atoms with Crippen LogP contribution in [-0.2, 0) is 38.5 Å². The van der Waals surface area contributed by atoms with Gasteiger partial charge in [0.15, 0.2) is 0 Å². The van der Waals surface area contributed by atoms with Crippen molar-refractivity contribution in [3.8, 4) is 0 Å². The van der Waals surface area contributed by atoms with Gasteiger partial charge in [0.2, 0.25) is 11.8 Å². The highest BCUT2D eigenvalue weighted by Crippen LogP contribution is 2.25. The van der Waals surface area contributed by atoms with Gasteiger partial charge in [0, 0.05) is 19.4 Å². The number of carbonyl (C=O) groups excluding carboxylic acids is 3. The lowest BCUT2D eigenvalue weighted by Crippen LogP contribution is -2.48. The molecule has 7 heteroatoms. The average molecular weight is 519 g/mol. The molecular formula is C31H38N2O5. The highest BCUT2D eigenvalue weighted by atomic mass is 16.5. The van der Waals surface area contributed by atoms with E-state index in [4.69, 9.17) is 4.74 Å². The molecule has 0 saturated heterocycles. The van der Waals surface area contributed by atoms with Crippen molar-refractivity contribution in [3.63, 3.8) is 0 Å². The Labute approximate surface area is 225 Å². The SMILES string of the molecule is C=CCCC(=O)OCC(Cc1ccccc1)NC(=O)C(CC=C)CC(=O)N1Cc2ccccc2CC1CO. The van der Waals surface area contributed by atoms with Crippen molar-refractivity contribution < 1.29 is 24.2 Å². The number of aliphatic hydroxyl groups excluding tert-OH is 1. The molecule has 2 aromatic carbocycles. The molecule has 3 atom stereocenters. The lowest BCUT2D eigenvalue weighted by atomic mass is 9.92. The van der Waals surface area contributed by atoms with Crippen LogP contribution < -0.4 is 5.32 Å². The van der Waals surface area contributed by atoms with Crippen LogP contribution in [0.4, 0.5) is 0 Å². The molecule has 3 rings (SSSR count). The molecule has 0 radical (unpaired) electrons. The summed E-state index contributed by atoms with van der Waals surface area (Å²) in [6.45, 7) is 7.68. The number of hydrogen-bond acceptors (Lipinski definition) is 5. The summed E-state index contributed by atoms with van der Waals surface area (Å²) >= 11 is 0. The minimum atomic E-state index is -0.633. The molecule has 7 nitrogen and oxygen atoms in total. The van der Waals surface area contributed by atoms with Crippen LogP contribution in [0.3, 0.4) is 0 Å². The normalized spacial score (nSPS) is 16.0. The number of esters is 1. The maximum atomic E-state index is 13.4. The molecule has 2 aromatic rings. The maximum Gasteiger partial charge on any atom is 0.306 e. The Morgan fingerprint density at radius 2 is 1.76 bits per heavy atom. The molecular weight excluding hydrogens is 480 g/mol. The van der Waals surface area contributed by atoms with Gasteiger partial charge in [0.05, 0.1) is 24.6 Å². The molecule has 3 unspecified atom stereocenters. The number of fused-ring (bicyclic) bond motifs is 1. The molecule has 0 saturated carbocycles. The second-order valence-electron chi connectivity index (χ2n) is 9.66. The van der Waals surface area contributed by atoms with E-state index in [1.54, 1.807) is 17.1 Å². The average Bonchev–Trinajstić information content (AvgIpc) is 2.94. The molecule has 2 amide bonds. The Morgan fingerprint density at radius 3 is 2.45 bits per heavy atom. The first-order valence-corrected chi connectivity index (χ1v) is 13.1. The number of nitrogens with zero attached hydrogens (tertiary/aromatic N) is 1. The van der Waals surface area contributed by atoms with Gasteiger partial charge in [-0.25, -0.2) is 0 Å². The summed E-state index contributed by atoms with van der Waals surface area (Å²) in [6.07, 6.45) is 5.41. The van der Waals surface area contributed by atoms with Crippen molar-refractivity contribution >= 4 is 17.8 Å². The molecule has 0 aliphatic carbocycles. The van der Waals surface area contributed by atoms with Crippen LogP contribution in [0, 0.1) is 5.92 Å². The monoisotopic (exact) mass is 518 g/mol. The zero-order valence-corrected chi connectivity index (χ0v) is 21.9. The number of amides is 2. The van der Waals surface area contributed by atoms with Gasteiger partial charge in [-0.15, -0.1) is 13.2 Å². The molecule has 1 heterocycles. The topological polar surface area (TPSA) is 95.9 Å². The van der Waals surface area contributed by atoms with Crippen LogP contribution in [0.1, 0.15) is 42.4 Å². The first-order valence-electron chi connectivity index (χ1n) is 13.1. The lowest BCUT2D eigenvalue weighted by Gasteiger charge is -2.36. The van der Waals surface area contributed by atoms with E-state index in [0.717, 1.165) is 16.7 Å². The second kappa shape index (κ2) is 14.9. The van der Waals surface area contributed by atoms with Gasteiger partial charge < -0.3 is 20.1 Å². The Bertz CT molecular complexity index is 1100. The van der Waals surface area contributed by atoms with E-state index in [9.17, 15) is 19.5 Å². The van der Waals surface area contributed by atoms with Gasteiger partial charge in [-0.1, -0.05) is 66.7 Å². The Morgan fingerprint density at radius 1 is 1.05 bits per heavy atom. The highest BCUT2D eigenvalue weighted by Gasteiger charge is 2.32. The van der Waals surface area contributed by atoms with Crippen LogP contribution in [0.2, 0.25) is 0 Å². The van der Waals surface area contributed by atoms with Crippen LogP contribution >= 0.6 is 0 Å². The number of hydrogen-bond donors (Lipinski definition) is 2. The van der Waals surface area contributed by atoms with E-state index in [2.05, 4.69) is 18.5 Å². The highest BCUT2D eigenvalue weighted by molar-refractivity contribution is 5.86. The fourth-order valence-corrected chi connectivity index (χ4v) is 4.71. The third-order valence-corrected chi connectivity index (χ3v) is 6.80. The summed E-state index contributed by atoms with van der Waals surface area (Å²) in [5, 5.41) is 13.0. The minimum Gasteiger partial charge on any atom is -0.463 e. The fourth-order valence-electron chi connectivity index (χ4n) is 4.71. The molecule has 1 aliphatic heterocycles. The predicted molar refractivity (Wildman–Crippen MR) is 147 cm³/mol. The lowest BCUT2D eigenvalue weighted by molar-refractivity contribution is -0.145. The first kappa shape index (κ1) is 28.9. The van der Waals surface area contributed by atoms with E-state index in [0.29, 0.717) is 32.2 Å². The summed E-state index contributed by atoms with van der Waals surface area (Å²) in [6, 6.07) is 16.8. The molecule has 0 fully saturated rings. The van der Waals surface area contributed by atoms with Gasteiger partial charge in [0.1, 0.15) is 6.61 Å². The standard InChI is InChI=1S/C31H38N2O5/c1-3-5-16-30(36)38-22-27(17-23-12-7-6-8-13-23)32-31(37)25(11-4-2)19-29(35)33-20-26-15-10-9-14-24(26)18-28(33)21-34/h3-4,6-10,12-15,25,27-28,34H,1-2,5,11,16-22H2,(H,32,37). The molecule has 38 heavy (non-hydrogen) atoms. The van der Waals surface area contributed by atoms with Gasteiger partial charge in [0.25, 0.3) is 0 Å². The van der Waals surface area contributed by atoms with Gasteiger partial charge in [-0.05, 0) is 42.4 Å². The summed E-state index contributed by atoms with van der Waals surface area (Å²) in [7, 11) is 0. The van der Waals surface area contributed by atoms with Gasteiger partial charge in [-0.2, -0.15) is 0 Å². The molecule has 1 aliphatic rings. The van der Waals surface area contributed by atoms with E-state index in [1.807, 2.05) is 54.6 Å². The third-order valence-electron chi connectivity index (χ3n) is 6.80. The number of benzene rings is 2. The van der Waals surface area contributed by atoms with E-state index >= 15 is 0 Å². The van der Waals surface area contributed by atoms with Crippen molar-refractivity contribution in [1.82, 2.24) is 10.2 Å². The quantitative estimate of drug-likeness (QED) is 0.293. The Hall–Kier alpha value is -3.71. The Balaban J connectivity index is 1.68. The smallest absolute Gasteiger partial charge is 0.306 e. The number of aliphatic hydroxyl groups is 1. The Kier molecular flexibility index (Phi) is 11.3. The summed E-state index contributed by atoms with van der Waals surface area (Å²) in [5.74, 6) is -1.46. The van der Waals surface area contributed by atoms with Gasteiger partial charge in [-0.3, -0.25) is 14.4 Å². The third kappa shape index (κ3) is 8.42. The minimum absolute atomic E-state index is 0.00625. The summed E-state index contributed by atoms with van der Waals surface area (Å²) in [5.41, 5.74) is 3.17. The number of carbonyl (C=O) groups is 3. The van der Waals surface area contributed by atoms with E-state index in [1.165, 1.54) is 0 Å². The molecule has 0 bridgehead atoms. The number of nitrogens with one attached hydrogen (secondary N) is 1. The summed E-state index contributed by atoms with van der Waals surface area (Å²) in [4.78, 5) is 40.5. The van der Waals surface area contributed by atoms with Crippen molar-refractivity contribution in [3.05, 3.63) is 96.6 Å². The molecule has 202 valence electrons. The number of rotatable bonds is 14. The second-order valence-corrected chi connectivity index (χ2v) is 9.66. The van der Waals surface area contributed by atoms with Crippen LogP contribution in [0.5, 0.6) is 0 Å². The van der Waals surface area contributed by atoms with Crippen molar-refractivity contribution in [2.75, 3.05) is 13.2 Å². The van der Waals surface area contributed by atoms with Crippen molar-refractivity contribution in [1.29, 1.82) is 0 Å². The van der Waals surface area contributed by atoms with Crippen LogP contribution in [0.15, 0.2) is 79.9 Å². The van der Waals surface area contributed by atoms with Gasteiger partial charge >= 0.3 is 5.97 Å². The number of allylic oxidation sites excluding steroid dienone is 2. The largest absolute Gasteiger partial charge is 0.463 e. The summed E-state index contributed by atoms with van der Waals surface area (Å²) < 4.78 is 5.43. The van der Waals surface area contributed by atoms with Crippen molar-refractivity contribution in [2.45, 2.75) is 57.2 Å². The molecule has 0 spiro atoms. The first-order chi connectivity index (χ1) is 18.4. The van der Waals surface area contributed by atoms with E-state index < -0.39 is 12.0 Å². The van der Waals surface area contributed by atoms with Crippen LogP contribution in [0.25, 0.3) is 0 Å². The van der Waals surface area contributed by atoms with E-state index in [-0.39, 0.29) is 49.9 Å². The van der Waals surface area contributed by atoms with Crippen molar-refractivity contribution in [2.24, 2.45) is 5.92 Å². The molecule has 2 N–H and O–H groups in total. The fraction of sp³-hybridized carbons (Fsp3) is 0.387. The van der Waals surface area contributed by atoms with Crippen LogP contribution in [-0.4, -0.2) is 53.1 Å². The molecule has 0 aromatic heterocycles. The zero-order valence-electron chi connectivity index (χ0n) is 21.9.